The number of carbonyl (C=O) groups is 1. The molecule has 1 aromatic rings. The minimum absolute atomic E-state index is 0.242. The van der Waals surface area contributed by atoms with E-state index in [1.165, 1.54) is 6.26 Å². The van der Waals surface area contributed by atoms with E-state index in [0.29, 0.717) is 5.76 Å². The molecule has 5 N–H and O–H groups in total. The molecule has 0 fully saturated rings. The van der Waals surface area contributed by atoms with Gasteiger partial charge in [-0.25, -0.2) is 4.79 Å². The Kier molecular flexibility index (Phi) is 5.93. The van der Waals surface area contributed by atoms with Crippen LogP contribution in [0.1, 0.15) is 5.76 Å². The number of hydrogen-bond acceptors (Lipinski definition) is 8. The summed E-state index contributed by atoms with van der Waals surface area (Å²) in [4.78, 5) is 11.4. The van der Waals surface area contributed by atoms with Gasteiger partial charge in [-0.3, -0.25) is 0 Å². The van der Waals surface area contributed by atoms with E-state index in [1.807, 2.05) is 0 Å². The molecular formula is C11H16O8. The van der Waals surface area contributed by atoms with E-state index in [0.717, 1.165) is 0 Å². The Labute approximate surface area is 108 Å². The van der Waals surface area contributed by atoms with Gasteiger partial charge in [0.05, 0.1) is 12.9 Å². The Morgan fingerprint density at radius 3 is 2.47 bits per heavy atom. The van der Waals surface area contributed by atoms with Crippen molar-refractivity contribution < 1.29 is 39.5 Å². The van der Waals surface area contributed by atoms with Crippen LogP contribution in [0.15, 0.2) is 22.8 Å². The Hall–Kier alpha value is -1.45. The van der Waals surface area contributed by atoms with E-state index in [9.17, 15) is 20.1 Å². The van der Waals surface area contributed by atoms with Gasteiger partial charge in [-0.15, -0.1) is 0 Å². The van der Waals surface area contributed by atoms with E-state index in [-0.39, 0.29) is 6.61 Å². The number of aliphatic hydroxyl groups is 5. The van der Waals surface area contributed by atoms with Gasteiger partial charge in [0.25, 0.3) is 0 Å². The standard InChI is InChI=1S/C11H16O8/c12-4-7(13)8(14)9(15)10(16)11(17)19-5-6-2-1-3-18-6/h1-3,7-10,12-16H,4-5H2/t7-,8-,9+,10-/m1/s1. The van der Waals surface area contributed by atoms with E-state index in [1.54, 1.807) is 12.1 Å². The molecule has 0 unspecified atom stereocenters. The van der Waals surface area contributed by atoms with Crippen LogP contribution < -0.4 is 0 Å². The number of ether oxygens (including phenoxy) is 1. The molecule has 0 aliphatic heterocycles. The second-order valence-corrected chi connectivity index (χ2v) is 3.86. The van der Waals surface area contributed by atoms with Gasteiger partial charge in [-0.2, -0.15) is 0 Å². The SMILES string of the molecule is O=C(OCc1ccco1)[C@H](O)[C@@H](O)[C@H](O)[C@H](O)CO. The minimum atomic E-state index is -2.05. The van der Waals surface area contributed by atoms with Gasteiger partial charge in [0, 0.05) is 0 Å². The first-order valence-electron chi connectivity index (χ1n) is 5.49. The quantitative estimate of drug-likeness (QED) is 0.352. The molecule has 1 aromatic heterocycles. The molecule has 0 radical (unpaired) electrons. The van der Waals surface area contributed by atoms with E-state index >= 15 is 0 Å². The third-order valence-corrected chi connectivity index (χ3v) is 2.43. The van der Waals surface area contributed by atoms with Crippen molar-refractivity contribution in [3.8, 4) is 0 Å². The molecule has 8 nitrogen and oxygen atoms in total. The summed E-state index contributed by atoms with van der Waals surface area (Å²) < 4.78 is 9.52. The van der Waals surface area contributed by atoms with Crippen LogP contribution >= 0.6 is 0 Å². The summed E-state index contributed by atoms with van der Waals surface area (Å²) in [6, 6.07) is 3.12. The number of carbonyl (C=O) groups excluding carboxylic acids is 1. The number of aliphatic hydroxyl groups excluding tert-OH is 5. The van der Waals surface area contributed by atoms with Crippen LogP contribution in [0.3, 0.4) is 0 Å². The summed E-state index contributed by atoms with van der Waals surface area (Å²) in [5, 5.41) is 45.8. The molecule has 0 bridgehead atoms. The molecule has 0 saturated carbocycles. The molecule has 0 aromatic carbocycles. The lowest BCUT2D eigenvalue weighted by Crippen LogP contribution is -2.49. The second-order valence-electron chi connectivity index (χ2n) is 3.86. The highest BCUT2D eigenvalue weighted by Crippen LogP contribution is 2.08. The van der Waals surface area contributed by atoms with Crippen molar-refractivity contribution in [2.75, 3.05) is 6.61 Å². The highest BCUT2D eigenvalue weighted by molar-refractivity contribution is 5.75. The maximum atomic E-state index is 11.4. The fourth-order valence-corrected chi connectivity index (χ4v) is 1.28. The number of hydrogen-bond donors (Lipinski definition) is 5. The number of rotatable bonds is 7. The van der Waals surface area contributed by atoms with Crippen LogP contribution in [0, 0.1) is 0 Å². The van der Waals surface area contributed by atoms with Gasteiger partial charge in [0.1, 0.15) is 30.7 Å². The van der Waals surface area contributed by atoms with Crippen molar-refractivity contribution in [1.82, 2.24) is 0 Å². The van der Waals surface area contributed by atoms with Crippen LogP contribution in [0.2, 0.25) is 0 Å². The lowest BCUT2D eigenvalue weighted by atomic mass is 10.0. The van der Waals surface area contributed by atoms with Crippen LogP contribution in [-0.2, 0) is 16.1 Å². The van der Waals surface area contributed by atoms with Crippen molar-refractivity contribution in [3.63, 3.8) is 0 Å². The Bertz CT molecular complexity index is 376. The third-order valence-electron chi connectivity index (χ3n) is 2.43. The molecule has 0 amide bonds. The Morgan fingerprint density at radius 2 is 1.95 bits per heavy atom. The van der Waals surface area contributed by atoms with E-state index < -0.39 is 37.0 Å². The monoisotopic (exact) mass is 276 g/mol. The van der Waals surface area contributed by atoms with Crippen LogP contribution in [0.5, 0.6) is 0 Å². The molecule has 4 atom stereocenters. The lowest BCUT2D eigenvalue weighted by Gasteiger charge is -2.24. The fraction of sp³-hybridized carbons (Fsp3) is 0.545. The maximum Gasteiger partial charge on any atom is 0.338 e. The second kappa shape index (κ2) is 7.22. The predicted molar refractivity (Wildman–Crippen MR) is 59.6 cm³/mol. The van der Waals surface area contributed by atoms with Gasteiger partial charge in [-0.1, -0.05) is 0 Å². The summed E-state index contributed by atoms with van der Waals surface area (Å²) in [6.45, 7) is -1.07. The highest BCUT2D eigenvalue weighted by atomic mass is 16.6. The largest absolute Gasteiger partial charge is 0.466 e. The summed E-state index contributed by atoms with van der Waals surface area (Å²) in [6.07, 6.45) is -6.22. The summed E-state index contributed by atoms with van der Waals surface area (Å²) in [5.74, 6) is -0.848. The normalized spacial score (nSPS) is 17.5. The smallest absolute Gasteiger partial charge is 0.338 e. The molecule has 0 spiro atoms. The third kappa shape index (κ3) is 4.30. The molecule has 19 heavy (non-hydrogen) atoms. The number of esters is 1. The van der Waals surface area contributed by atoms with Gasteiger partial charge in [0.15, 0.2) is 6.10 Å². The molecule has 108 valence electrons. The van der Waals surface area contributed by atoms with Crippen LogP contribution in [0.25, 0.3) is 0 Å². The molecular weight excluding hydrogens is 260 g/mol. The zero-order valence-electron chi connectivity index (χ0n) is 9.92. The fourth-order valence-electron chi connectivity index (χ4n) is 1.28. The maximum absolute atomic E-state index is 11.4. The molecule has 1 rings (SSSR count). The van der Waals surface area contributed by atoms with Gasteiger partial charge in [0.2, 0.25) is 0 Å². The molecule has 0 aliphatic carbocycles. The first-order chi connectivity index (χ1) is 8.97. The Morgan fingerprint density at radius 1 is 1.26 bits per heavy atom. The van der Waals surface area contributed by atoms with Crippen molar-refractivity contribution in [3.05, 3.63) is 24.2 Å². The zero-order valence-corrected chi connectivity index (χ0v) is 9.92. The zero-order chi connectivity index (χ0) is 14.4. The summed E-state index contributed by atoms with van der Waals surface area (Å²) >= 11 is 0. The van der Waals surface area contributed by atoms with Gasteiger partial charge >= 0.3 is 5.97 Å². The molecule has 8 heteroatoms. The molecule has 1 heterocycles. The van der Waals surface area contributed by atoms with Crippen LogP contribution in [-0.4, -0.2) is 62.5 Å². The molecule has 0 aliphatic rings. The first kappa shape index (κ1) is 15.6. The van der Waals surface area contributed by atoms with Crippen molar-refractivity contribution >= 4 is 5.97 Å². The topological polar surface area (TPSA) is 141 Å². The van der Waals surface area contributed by atoms with Gasteiger partial charge in [-0.05, 0) is 12.1 Å². The minimum Gasteiger partial charge on any atom is -0.466 e. The van der Waals surface area contributed by atoms with Crippen molar-refractivity contribution in [2.24, 2.45) is 0 Å². The van der Waals surface area contributed by atoms with E-state index in [4.69, 9.17) is 14.6 Å². The summed E-state index contributed by atoms with van der Waals surface area (Å²) in [5.41, 5.74) is 0. The van der Waals surface area contributed by atoms with E-state index in [2.05, 4.69) is 4.74 Å². The average molecular weight is 276 g/mol. The summed E-state index contributed by atoms with van der Waals surface area (Å²) in [7, 11) is 0. The average Bonchev–Trinajstić information content (AvgIpc) is 2.94. The highest BCUT2D eigenvalue weighted by Gasteiger charge is 2.35. The predicted octanol–water partition coefficient (Wildman–Crippen LogP) is -2.24. The first-order valence-corrected chi connectivity index (χ1v) is 5.49. The number of furan rings is 1. The van der Waals surface area contributed by atoms with Crippen molar-refractivity contribution in [2.45, 2.75) is 31.0 Å². The Balaban J connectivity index is 2.46. The van der Waals surface area contributed by atoms with Crippen molar-refractivity contribution in [1.29, 1.82) is 0 Å². The molecule has 0 saturated heterocycles. The lowest BCUT2D eigenvalue weighted by molar-refractivity contribution is -0.172. The van der Waals surface area contributed by atoms with Crippen LogP contribution in [0.4, 0.5) is 0 Å². The van der Waals surface area contributed by atoms with Gasteiger partial charge < -0.3 is 34.7 Å².